The summed E-state index contributed by atoms with van der Waals surface area (Å²) in [6.45, 7) is 2.02. The molecule has 0 unspecified atom stereocenters. The zero-order chi connectivity index (χ0) is 18.4. The summed E-state index contributed by atoms with van der Waals surface area (Å²) in [4.78, 5) is 1.18. The Kier molecular flexibility index (Phi) is 4.13. The van der Waals surface area contributed by atoms with Gasteiger partial charge in [0.25, 0.3) is 0 Å². The SMILES string of the molecule is Cn1cc(SN2CCC3=C(Cc4cnn(-c5ccc(F)cc5)c4C3)C2)cn1. The van der Waals surface area contributed by atoms with Gasteiger partial charge in [-0.05, 0) is 54.6 Å². The Morgan fingerprint density at radius 1 is 1.04 bits per heavy atom. The molecule has 3 aromatic rings. The van der Waals surface area contributed by atoms with E-state index in [1.165, 1.54) is 39.4 Å². The first kappa shape index (κ1) is 16.8. The Morgan fingerprint density at radius 2 is 1.89 bits per heavy atom. The average molecular weight is 381 g/mol. The van der Waals surface area contributed by atoms with E-state index in [-0.39, 0.29) is 5.82 Å². The van der Waals surface area contributed by atoms with E-state index in [4.69, 9.17) is 0 Å². The highest BCUT2D eigenvalue weighted by molar-refractivity contribution is 7.97. The molecule has 1 aliphatic carbocycles. The standard InChI is InChI=1S/C20H20FN5S/c1-24-13-19(11-22-24)27-25-7-6-14-9-20-15(8-16(14)12-25)10-23-26(20)18-4-2-17(21)3-5-18/h2-5,10-11,13H,6-9,12H2,1H3. The van der Waals surface area contributed by atoms with Crippen molar-refractivity contribution in [3.05, 3.63) is 71.1 Å². The number of halogens is 1. The van der Waals surface area contributed by atoms with Crippen LogP contribution in [-0.2, 0) is 19.9 Å². The minimum Gasteiger partial charge on any atom is -0.275 e. The molecule has 0 atom stereocenters. The van der Waals surface area contributed by atoms with Gasteiger partial charge in [0.1, 0.15) is 5.82 Å². The zero-order valence-corrected chi connectivity index (χ0v) is 15.9. The minimum absolute atomic E-state index is 0.219. The van der Waals surface area contributed by atoms with E-state index >= 15 is 0 Å². The molecule has 138 valence electrons. The van der Waals surface area contributed by atoms with Crippen molar-refractivity contribution in [3.63, 3.8) is 0 Å². The molecule has 0 spiro atoms. The van der Waals surface area contributed by atoms with Crippen molar-refractivity contribution in [2.24, 2.45) is 7.05 Å². The number of fused-ring (bicyclic) bond motifs is 1. The molecule has 27 heavy (non-hydrogen) atoms. The molecule has 0 amide bonds. The lowest BCUT2D eigenvalue weighted by Crippen LogP contribution is -2.29. The number of aryl methyl sites for hydroxylation is 1. The third-order valence-electron chi connectivity index (χ3n) is 5.26. The van der Waals surface area contributed by atoms with Crippen LogP contribution in [0.3, 0.4) is 0 Å². The molecular weight excluding hydrogens is 361 g/mol. The summed E-state index contributed by atoms with van der Waals surface area (Å²) < 4.78 is 19.5. The smallest absolute Gasteiger partial charge is 0.123 e. The number of hydrogen-bond donors (Lipinski definition) is 0. The van der Waals surface area contributed by atoms with E-state index in [0.29, 0.717) is 0 Å². The fourth-order valence-corrected chi connectivity index (χ4v) is 4.88. The van der Waals surface area contributed by atoms with E-state index < -0.39 is 0 Å². The molecule has 7 heteroatoms. The van der Waals surface area contributed by atoms with Crippen LogP contribution in [-0.4, -0.2) is 37.0 Å². The molecule has 1 aliphatic heterocycles. The van der Waals surface area contributed by atoms with Gasteiger partial charge in [0.15, 0.2) is 0 Å². The van der Waals surface area contributed by atoms with Gasteiger partial charge in [-0.2, -0.15) is 10.2 Å². The largest absolute Gasteiger partial charge is 0.275 e. The van der Waals surface area contributed by atoms with Crippen molar-refractivity contribution in [2.75, 3.05) is 13.1 Å². The highest BCUT2D eigenvalue weighted by atomic mass is 32.2. The lowest BCUT2D eigenvalue weighted by molar-refractivity contribution is 0.467. The maximum atomic E-state index is 13.2. The zero-order valence-electron chi connectivity index (χ0n) is 15.1. The fraction of sp³-hybridized carbons (Fsp3) is 0.300. The van der Waals surface area contributed by atoms with Gasteiger partial charge in [-0.25, -0.2) is 13.4 Å². The van der Waals surface area contributed by atoms with Crippen LogP contribution in [0.1, 0.15) is 17.7 Å². The molecule has 0 N–H and O–H groups in total. The predicted octanol–water partition coefficient (Wildman–Crippen LogP) is 3.55. The van der Waals surface area contributed by atoms with E-state index in [2.05, 4.69) is 20.7 Å². The number of rotatable bonds is 3. The molecule has 0 saturated carbocycles. The molecule has 2 aliphatic rings. The first-order chi connectivity index (χ1) is 13.2. The Hall–Kier alpha value is -2.38. The van der Waals surface area contributed by atoms with Gasteiger partial charge < -0.3 is 0 Å². The van der Waals surface area contributed by atoms with Crippen molar-refractivity contribution in [3.8, 4) is 5.69 Å². The van der Waals surface area contributed by atoms with Gasteiger partial charge in [-0.1, -0.05) is 11.1 Å². The Balaban J connectivity index is 1.35. The molecule has 0 fully saturated rings. The van der Waals surface area contributed by atoms with Gasteiger partial charge >= 0.3 is 0 Å². The minimum atomic E-state index is -0.219. The summed E-state index contributed by atoms with van der Waals surface area (Å²) in [5, 5.41) is 8.84. The third-order valence-corrected chi connectivity index (χ3v) is 6.25. The molecule has 0 radical (unpaired) electrons. The lowest BCUT2D eigenvalue weighted by Gasteiger charge is -2.32. The normalized spacial score (nSPS) is 17.1. The summed E-state index contributed by atoms with van der Waals surface area (Å²) in [6, 6.07) is 6.56. The molecule has 3 heterocycles. The second-order valence-electron chi connectivity index (χ2n) is 7.12. The maximum Gasteiger partial charge on any atom is 0.123 e. The Bertz CT molecular complexity index is 1020. The van der Waals surface area contributed by atoms with Crippen LogP contribution in [0.25, 0.3) is 5.69 Å². The topological polar surface area (TPSA) is 38.9 Å². The molecule has 0 saturated heterocycles. The number of hydrogen-bond acceptors (Lipinski definition) is 4. The van der Waals surface area contributed by atoms with Gasteiger partial charge in [-0.3, -0.25) is 4.68 Å². The second-order valence-corrected chi connectivity index (χ2v) is 8.29. The first-order valence-corrected chi connectivity index (χ1v) is 9.86. The second kappa shape index (κ2) is 6.65. The Morgan fingerprint density at radius 3 is 2.67 bits per heavy atom. The third kappa shape index (κ3) is 3.21. The van der Waals surface area contributed by atoms with Crippen molar-refractivity contribution >= 4 is 11.9 Å². The van der Waals surface area contributed by atoms with Crippen LogP contribution in [0.4, 0.5) is 4.39 Å². The van der Waals surface area contributed by atoms with E-state index in [0.717, 1.165) is 38.0 Å². The molecular formula is C20H20FN5S. The number of benzene rings is 1. The summed E-state index contributed by atoms with van der Waals surface area (Å²) >= 11 is 1.79. The van der Waals surface area contributed by atoms with E-state index in [1.54, 1.807) is 24.1 Å². The van der Waals surface area contributed by atoms with Crippen molar-refractivity contribution in [1.29, 1.82) is 0 Å². The molecule has 2 aromatic heterocycles. The van der Waals surface area contributed by atoms with E-state index in [9.17, 15) is 4.39 Å². The summed E-state index contributed by atoms with van der Waals surface area (Å²) in [6.07, 6.45) is 8.91. The molecule has 5 nitrogen and oxygen atoms in total. The Labute approximate surface area is 161 Å². The molecule has 1 aromatic carbocycles. The van der Waals surface area contributed by atoms with Gasteiger partial charge in [0, 0.05) is 32.8 Å². The summed E-state index contributed by atoms with van der Waals surface area (Å²) in [5.41, 5.74) is 6.50. The highest BCUT2D eigenvalue weighted by Gasteiger charge is 2.27. The number of nitrogens with zero attached hydrogens (tertiary/aromatic N) is 5. The maximum absolute atomic E-state index is 13.2. The quantitative estimate of drug-likeness (QED) is 0.514. The summed E-state index contributed by atoms with van der Waals surface area (Å²) in [7, 11) is 1.95. The van der Waals surface area contributed by atoms with Crippen molar-refractivity contribution in [2.45, 2.75) is 24.2 Å². The van der Waals surface area contributed by atoms with Crippen LogP contribution in [0.15, 0.2) is 58.9 Å². The van der Waals surface area contributed by atoms with Crippen molar-refractivity contribution < 1.29 is 4.39 Å². The summed E-state index contributed by atoms with van der Waals surface area (Å²) in [5.74, 6) is -0.219. The van der Waals surface area contributed by atoms with Gasteiger partial charge in [0.05, 0.1) is 28.7 Å². The van der Waals surface area contributed by atoms with Crippen LogP contribution in [0.5, 0.6) is 0 Å². The van der Waals surface area contributed by atoms with Gasteiger partial charge in [-0.15, -0.1) is 0 Å². The van der Waals surface area contributed by atoms with Crippen molar-refractivity contribution in [1.82, 2.24) is 23.9 Å². The first-order valence-electron chi connectivity index (χ1n) is 9.09. The molecule has 0 bridgehead atoms. The van der Waals surface area contributed by atoms with Crippen LogP contribution < -0.4 is 0 Å². The average Bonchev–Trinajstić information content (AvgIpc) is 3.26. The van der Waals surface area contributed by atoms with Crippen LogP contribution in [0.2, 0.25) is 0 Å². The molecule has 5 rings (SSSR count). The number of aromatic nitrogens is 4. The van der Waals surface area contributed by atoms with Gasteiger partial charge in [0.2, 0.25) is 0 Å². The predicted molar refractivity (Wildman–Crippen MR) is 103 cm³/mol. The highest BCUT2D eigenvalue weighted by Crippen LogP contribution is 2.35. The monoisotopic (exact) mass is 381 g/mol. The fourth-order valence-electron chi connectivity index (χ4n) is 3.89. The van der Waals surface area contributed by atoms with E-state index in [1.807, 2.05) is 28.8 Å². The van der Waals surface area contributed by atoms with Crippen LogP contribution >= 0.6 is 11.9 Å². The van der Waals surface area contributed by atoms with Crippen LogP contribution in [0, 0.1) is 5.82 Å². The lowest BCUT2D eigenvalue weighted by atomic mass is 9.86.